The van der Waals surface area contributed by atoms with Crippen LogP contribution in [0.2, 0.25) is 18.1 Å². The Labute approximate surface area is 216 Å². The standard InChI is InChI=1S/C25H40N2O7SSi/c1-16-11-13-17(14-12-16)35(28,29)27(36(9,10)23(2,3)4)26-15-18-19-20(32-24(5,6)31-19)21-22(30-18)34-25(7,8)33-21/h11-15,18-22H,1-10H3/b26-15+/t18-,19+,20+,21-,22-/m1/s1. The fourth-order valence-corrected chi connectivity index (χ4v) is 9.82. The maximum absolute atomic E-state index is 13.9. The molecule has 36 heavy (non-hydrogen) atoms. The summed E-state index contributed by atoms with van der Waals surface area (Å²) in [5, 5.41) is 4.34. The van der Waals surface area contributed by atoms with Gasteiger partial charge in [0.1, 0.15) is 24.4 Å². The summed E-state index contributed by atoms with van der Waals surface area (Å²) in [5.74, 6) is -1.70. The van der Waals surface area contributed by atoms with Crippen LogP contribution in [0.3, 0.4) is 0 Å². The molecule has 11 heteroatoms. The van der Waals surface area contributed by atoms with Crippen LogP contribution in [0.15, 0.2) is 34.3 Å². The number of benzene rings is 1. The van der Waals surface area contributed by atoms with Gasteiger partial charge < -0.3 is 23.7 Å². The van der Waals surface area contributed by atoms with Gasteiger partial charge in [0.25, 0.3) is 10.0 Å². The second kappa shape index (κ2) is 8.86. The van der Waals surface area contributed by atoms with E-state index in [1.165, 1.54) is 10.3 Å². The Morgan fingerprint density at radius 3 is 2.03 bits per heavy atom. The zero-order chi connectivity index (χ0) is 26.9. The van der Waals surface area contributed by atoms with Gasteiger partial charge >= 0.3 is 0 Å². The van der Waals surface area contributed by atoms with Crippen LogP contribution in [-0.2, 0) is 33.7 Å². The third kappa shape index (κ3) is 5.03. The van der Waals surface area contributed by atoms with Gasteiger partial charge in [0.2, 0.25) is 8.24 Å². The number of fused-ring (bicyclic) bond motifs is 3. The summed E-state index contributed by atoms with van der Waals surface area (Å²) < 4.78 is 59.8. The average Bonchev–Trinajstić information content (AvgIpc) is 3.21. The molecule has 3 fully saturated rings. The summed E-state index contributed by atoms with van der Waals surface area (Å²) in [6.45, 7) is 19.4. The minimum absolute atomic E-state index is 0.202. The molecule has 9 nitrogen and oxygen atoms in total. The molecule has 3 aliphatic heterocycles. The summed E-state index contributed by atoms with van der Waals surface area (Å²) in [7, 11) is -6.63. The second-order valence-electron chi connectivity index (χ2n) is 12.3. The van der Waals surface area contributed by atoms with Crippen molar-refractivity contribution in [3.63, 3.8) is 0 Å². The van der Waals surface area contributed by atoms with Gasteiger partial charge in [0.15, 0.2) is 17.9 Å². The summed E-state index contributed by atoms with van der Waals surface area (Å²) in [5.41, 5.74) is 0.982. The number of hydrogen-bond donors (Lipinski definition) is 0. The summed E-state index contributed by atoms with van der Waals surface area (Å²) >= 11 is 0. The molecule has 0 N–H and O–H groups in total. The number of hydrazone groups is 1. The maximum Gasteiger partial charge on any atom is 0.271 e. The third-order valence-corrected chi connectivity index (χ3v) is 15.6. The highest BCUT2D eigenvalue weighted by atomic mass is 32.2. The molecule has 202 valence electrons. The van der Waals surface area contributed by atoms with Gasteiger partial charge in [-0.2, -0.15) is 5.10 Å². The van der Waals surface area contributed by atoms with Crippen molar-refractivity contribution in [2.45, 2.75) is 121 Å². The molecule has 0 unspecified atom stereocenters. The van der Waals surface area contributed by atoms with Crippen LogP contribution >= 0.6 is 0 Å². The molecular formula is C25H40N2O7SSi. The molecule has 0 saturated carbocycles. The van der Waals surface area contributed by atoms with Crippen LogP contribution in [-0.4, -0.2) is 69.2 Å². The Hall–Kier alpha value is -1.34. The molecule has 5 atom stereocenters. The molecule has 3 saturated heterocycles. The van der Waals surface area contributed by atoms with Gasteiger partial charge in [-0.15, -0.1) is 0 Å². The summed E-state index contributed by atoms with van der Waals surface area (Å²) in [6.07, 6.45) is -1.32. The van der Waals surface area contributed by atoms with E-state index in [1.807, 2.05) is 68.5 Å². The van der Waals surface area contributed by atoms with Gasteiger partial charge in [-0.3, -0.25) is 0 Å². The summed E-state index contributed by atoms with van der Waals surface area (Å²) in [4.78, 5) is 0.202. The van der Waals surface area contributed by atoms with Crippen molar-refractivity contribution in [3.05, 3.63) is 29.8 Å². The Morgan fingerprint density at radius 1 is 0.917 bits per heavy atom. The van der Waals surface area contributed by atoms with Crippen molar-refractivity contribution in [1.82, 2.24) is 4.08 Å². The first-order valence-corrected chi connectivity index (χ1v) is 16.8. The predicted octanol–water partition coefficient (Wildman–Crippen LogP) is 4.37. The molecule has 3 aliphatic rings. The lowest BCUT2D eigenvalue weighted by Crippen LogP contribution is -2.57. The lowest BCUT2D eigenvalue weighted by atomic mass is 10.00. The molecular weight excluding hydrogens is 500 g/mol. The van der Waals surface area contributed by atoms with E-state index in [2.05, 4.69) is 5.10 Å². The van der Waals surface area contributed by atoms with Crippen LogP contribution in [0.5, 0.6) is 0 Å². The minimum atomic E-state index is -3.93. The van der Waals surface area contributed by atoms with Crippen LogP contribution in [0.25, 0.3) is 0 Å². The number of aryl methyl sites for hydroxylation is 1. The lowest BCUT2D eigenvalue weighted by molar-refractivity contribution is -0.217. The Balaban J connectivity index is 1.72. The SMILES string of the molecule is Cc1ccc(S(=O)(=O)N(/N=C/[C@H]2O[C@@H]3OC(C)(C)O[C@@H]3[C@H]3OC(C)(C)O[C@H]32)[Si](C)(C)C(C)(C)C)cc1. The first-order valence-electron chi connectivity index (χ1n) is 12.4. The van der Waals surface area contributed by atoms with E-state index in [1.54, 1.807) is 24.3 Å². The van der Waals surface area contributed by atoms with Gasteiger partial charge in [-0.25, -0.2) is 12.5 Å². The zero-order valence-corrected chi connectivity index (χ0v) is 24.8. The smallest absolute Gasteiger partial charge is 0.271 e. The van der Waals surface area contributed by atoms with Crippen molar-refractivity contribution in [1.29, 1.82) is 0 Å². The first kappa shape index (κ1) is 27.7. The Morgan fingerprint density at radius 2 is 1.44 bits per heavy atom. The molecule has 0 spiro atoms. The predicted molar refractivity (Wildman–Crippen MR) is 138 cm³/mol. The van der Waals surface area contributed by atoms with Crippen LogP contribution in [0.4, 0.5) is 0 Å². The van der Waals surface area contributed by atoms with E-state index < -0.39 is 60.5 Å². The minimum Gasteiger partial charge on any atom is -0.342 e. The van der Waals surface area contributed by atoms with Crippen molar-refractivity contribution >= 4 is 24.5 Å². The van der Waals surface area contributed by atoms with Crippen molar-refractivity contribution in [3.8, 4) is 0 Å². The highest BCUT2D eigenvalue weighted by Crippen LogP contribution is 2.44. The normalized spacial score (nSPS) is 31.9. The zero-order valence-electron chi connectivity index (χ0n) is 22.9. The quantitative estimate of drug-likeness (QED) is 0.311. The molecule has 4 rings (SSSR count). The van der Waals surface area contributed by atoms with E-state index in [0.29, 0.717) is 0 Å². The number of ether oxygens (including phenoxy) is 5. The largest absolute Gasteiger partial charge is 0.342 e. The molecule has 3 heterocycles. The fourth-order valence-electron chi connectivity index (χ4n) is 4.49. The molecule has 0 radical (unpaired) electrons. The van der Waals surface area contributed by atoms with Gasteiger partial charge in [-0.05, 0) is 64.9 Å². The average molecular weight is 541 g/mol. The van der Waals surface area contributed by atoms with E-state index in [9.17, 15) is 8.42 Å². The molecule has 0 aromatic heterocycles. The van der Waals surface area contributed by atoms with Gasteiger partial charge in [0.05, 0.1) is 11.1 Å². The third-order valence-electron chi connectivity index (χ3n) is 7.37. The monoisotopic (exact) mass is 540 g/mol. The van der Waals surface area contributed by atoms with E-state index in [-0.39, 0.29) is 9.93 Å². The maximum atomic E-state index is 13.9. The highest BCUT2D eigenvalue weighted by Gasteiger charge is 2.60. The van der Waals surface area contributed by atoms with Crippen molar-refractivity contribution in [2.75, 3.05) is 0 Å². The van der Waals surface area contributed by atoms with Crippen LogP contribution in [0.1, 0.15) is 54.0 Å². The Kier molecular flexibility index (Phi) is 6.81. The number of hydrogen-bond acceptors (Lipinski definition) is 8. The number of sulfonamides is 1. The van der Waals surface area contributed by atoms with Crippen LogP contribution < -0.4 is 0 Å². The lowest BCUT2D eigenvalue weighted by Gasteiger charge is -2.43. The van der Waals surface area contributed by atoms with E-state index >= 15 is 0 Å². The topological polar surface area (TPSA) is 95.9 Å². The summed E-state index contributed by atoms with van der Waals surface area (Å²) in [6, 6.07) is 6.83. The van der Waals surface area contributed by atoms with E-state index in [4.69, 9.17) is 23.7 Å². The molecule has 0 bridgehead atoms. The van der Waals surface area contributed by atoms with Gasteiger partial charge in [-0.1, -0.05) is 38.5 Å². The van der Waals surface area contributed by atoms with Crippen molar-refractivity contribution in [2.24, 2.45) is 5.10 Å². The second-order valence-corrected chi connectivity index (χ2v) is 19.4. The molecule has 0 aliphatic carbocycles. The Bertz CT molecular complexity index is 1110. The molecule has 1 aromatic carbocycles. The van der Waals surface area contributed by atoms with Gasteiger partial charge in [0, 0.05) is 0 Å². The number of rotatable bonds is 5. The number of nitrogens with zero attached hydrogens (tertiary/aromatic N) is 2. The highest BCUT2D eigenvalue weighted by molar-refractivity contribution is 7.90. The first-order chi connectivity index (χ1) is 16.3. The van der Waals surface area contributed by atoms with Crippen molar-refractivity contribution < 1.29 is 32.1 Å². The molecule has 0 amide bonds. The van der Waals surface area contributed by atoms with E-state index in [0.717, 1.165) is 5.56 Å². The molecule has 1 aromatic rings. The fraction of sp³-hybridized carbons (Fsp3) is 0.720. The van der Waals surface area contributed by atoms with Crippen LogP contribution in [0, 0.1) is 6.92 Å².